The third kappa shape index (κ3) is 1.46. The van der Waals surface area contributed by atoms with Crippen molar-refractivity contribution < 1.29 is 9.53 Å². The van der Waals surface area contributed by atoms with Crippen LogP contribution in [-0.4, -0.2) is 13.4 Å². The Hall–Kier alpha value is -2.35. The van der Waals surface area contributed by atoms with Gasteiger partial charge in [-0.3, -0.25) is 4.79 Å². The summed E-state index contributed by atoms with van der Waals surface area (Å²) in [5.74, 6) is 0.736. The van der Waals surface area contributed by atoms with E-state index in [1.54, 1.807) is 7.11 Å². The van der Waals surface area contributed by atoms with Crippen LogP contribution in [0.5, 0.6) is 5.75 Å². The van der Waals surface area contributed by atoms with Gasteiger partial charge in [-0.1, -0.05) is 36.4 Å². The first-order valence-electron chi connectivity index (χ1n) is 5.79. The van der Waals surface area contributed by atoms with Crippen LogP contribution >= 0.6 is 0 Å². The monoisotopic (exact) mass is 236 g/mol. The van der Waals surface area contributed by atoms with Crippen molar-refractivity contribution in [2.24, 2.45) is 0 Å². The molecule has 3 aromatic carbocycles. The van der Waals surface area contributed by atoms with Gasteiger partial charge >= 0.3 is 0 Å². The fraction of sp³-hybridized carbons (Fsp3) is 0.0625. The molecule has 0 saturated heterocycles. The lowest BCUT2D eigenvalue weighted by Gasteiger charge is -2.10. The zero-order chi connectivity index (χ0) is 12.5. The predicted octanol–water partition coefficient (Wildman–Crippen LogP) is 3.81. The van der Waals surface area contributed by atoms with Crippen molar-refractivity contribution in [3.05, 3.63) is 54.1 Å². The second-order valence-corrected chi connectivity index (χ2v) is 4.19. The highest BCUT2D eigenvalue weighted by molar-refractivity contribution is 6.14. The molecule has 0 bridgehead atoms. The SMILES string of the molecule is COc1cccc2cc3ccccc3c(C=O)c12. The number of methoxy groups -OCH3 is 1. The molecule has 2 heteroatoms. The van der Waals surface area contributed by atoms with Gasteiger partial charge in [0.05, 0.1) is 7.11 Å². The van der Waals surface area contributed by atoms with Gasteiger partial charge in [0, 0.05) is 10.9 Å². The molecule has 0 aliphatic carbocycles. The molecule has 3 rings (SSSR count). The predicted molar refractivity (Wildman–Crippen MR) is 73.4 cm³/mol. The Bertz CT molecular complexity index is 745. The van der Waals surface area contributed by atoms with Crippen LogP contribution in [0.2, 0.25) is 0 Å². The maximum atomic E-state index is 11.4. The molecule has 88 valence electrons. The van der Waals surface area contributed by atoms with Crippen molar-refractivity contribution >= 4 is 27.8 Å². The molecule has 0 aromatic heterocycles. The molecule has 0 N–H and O–H groups in total. The quantitative estimate of drug-likeness (QED) is 0.499. The van der Waals surface area contributed by atoms with E-state index >= 15 is 0 Å². The topological polar surface area (TPSA) is 26.3 Å². The van der Waals surface area contributed by atoms with Gasteiger partial charge in [-0.15, -0.1) is 0 Å². The third-order valence-electron chi connectivity index (χ3n) is 3.23. The normalized spacial score (nSPS) is 10.7. The first kappa shape index (κ1) is 10.8. The van der Waals surface area contributed by atoms with Crippen molar-refractivity contribution in [2.45, 2.75) is 0 Å². The smallest absolute Gasteiger partial charge is 0.151 e. The summed E-state index contributed by atoms with van der Waals surface area (Å²) in [5, 5.41) is 3.94. The van der Waals surface area contributed by atoms with E-state index in [2.05, 4.69) is 6.07 Å². The van der Waals surface area contributed by atoms with E-state index in [0.29, 0.717) is 5.56 Å². The molecule has 0 spiro atoms. The first-order valence-corrected chi connectivity index (χ1v) is 5.79. The molecule has 0 radical (unpaired) electrons. The molecule has 0 heterocycles. The minimum atomic E-state index is 0.695. The van der Waals surface area contributed by atoms with Gasteiger partial charge in [0.2, 0.25) is 0 Å². The lowest BCUT2D eigenvalue weighted by Crippen LogP contribution is -1.91. The summed E-state index contributed by atoms with van der Waals surface area (Å²) >= 11 is 0. The molecule has 2 nitrogen and oxygen atoms in total. The molecular formula is C16H12O2. The molecular weight excluding hydrogens is 224 g/mol. The maximum absolute atomic E-state index is 11.4. The van der Waals surface area contributed by atoms with Crippen molar-refractivity contribution in [1.29, 1.82) is 0 Å². The summed E-state index contributed by atoms with van der Waals surface area (Å²) in [7, 11) is 1.62. The van der Waals surface area contributed by atoms with Crippen LogP contribution in [-0.2, 0) is 0 Å². The second-order valence-electron chi connectivity index (χ2n) is 4.19. The molecule has 0 unspecified atom stereocenters. The molecule has 0 atom stereocenters. The van der Waals surface area contributed by atoms with Crippen LogP contribution < -0.4 is 4.74 Å². The molecule has 0 amide bonds. The van der Waals surface area contributed by atoms with E-state index in [-0.39, 0.29) is 0 Å². The van der Waals surface area contributed by atoms with Crippen LogP contribution in [0.1, 0.15) is 10.4 Å². The maximum Gasteiger partial charge on any atom is 0.151 e. The lowest BCUT2D eigenvalue weighted by molar-refractivity contribution is 0.112. The summed E-state index contributed by atoms with van der Waals surface area (Å²) in [4.78, 5) is 11.4. The molecule has 18 heavy (non-hydrogen) atoms. The fourth-order valence-electron chi connectivity index (χ4n) is 2.42. The highest BCUT2D eigenvalue weighted by Crippen LogP contribution is 2.33. The van der Waals surface area contributed by atoms with Crippen LogP contribution in [0.25, 0.3) is 21.5 Å². The lowest BCUT2D eigenvalue weighted by atomic mass is 9.97. The Balaban J connectivity index is 2.59. The fourth-order valence-corrected chi connectivity index (χ4v) is 2.42. The summed E-state index contributed by atoms with van der Waals surface area (Å²) < 4.78 is 5.36. The van der Waals surface area contributed by atoms with E-state index in [4.69, 9.17) is 4.74 Å². The number of hydrogen-bond acceptors (Lipinski definition) is 2. The van der Waals surface area contributed by atoms with E-state index in [1.807, 2.05) is 42.5 Å². The highest BCUT2D eigenvalue weighted by atomic mass is 16.5. The summed E-state index contributed by atoms with van der Waals surface area (Å²) in [6.45, 7) is 0. The molecule has 0 aliphatic rings. The summed E-state index contributed by atoms with van der Waals surface area (Å²) in [6.07, 6.45) is 0.910. The van der Waals surface area contributed by atoms with Gasteiger partial charge in [0.25, 0.3) is 0 Å². The standard InChI is InChI=1S/C16H12O2/c1-18-15-8-4-6-12-9-11-5-2-3-7-13(11)14(10-17)16(12)15/h2-10H,1H3. The Morgan fingerprint density at radius 3 is 2.56 bits per heavy atom. The molecule has 0 saturated carbocycles. The molecule has 0 aliphatic heterocycles. The number of carbonyl (C=O) groups excluding carboxylic acids is 1. The van der Waals surface area contributed by atoms with Gasteiger partial charge in [0.15, 0.2) is 6.29 Å². The van der Waals surface area contributed by atoms with Crippen molar-refractivity contribution in [1.82, 2.24) is 0 Å². The van der Waals surface area contributed by atoms with Crippen LogP contribution in [0.3, 0.4) is 0 Å². The van der Waals surface area contributed by atoms with Crippen LogP contribution in [0.15, 0.2) is 48.5 Å². The minimum absolute atomic E-state index is 0.695. The zero-order valence-electron chi connectivity index (χ0n) is 10.0. The van der Waals surface area contributed by atoms with Gasteiger partial charge in [-0.05, 0) is 28.3 Å². The number of fused-ring (bicyclic) bond motifs is 2. The largest absolute Gasteiger partial charge is 0.496 e. The number of aldehydes is 1. The van der Waals surface area contributed by atoms with Gasteiger partial charge in [0.1, 0.15) is 5.75 Å². The van der Waals surface area contributed by atoms with E-state index in [0.717, 1.165) is 33.6 Å². The third-order valence-corrected chi connectivity index (χ3v) is 3.23. The van der Waals surface area contributed by atoms with Gasteiger partial charge in [-0.25, -0.2) is 0 Å². The summed E-state index contributed by atoms with van der Waals surface area (Å²) in [6, 6.07) is 15.8. The molecule has 0 fully saturated rings. The minimum Gasteiger partial charge on any atom is -0.496 e. The number of hydrogen-bond donors (Lipinski definition) is 0. The Morgan fingerprint density at radius 1 is 1.00 bits per heavy atom. The van der Waals surface area contributed by atoms with Crippen molar-refractivity contribution in [3.63, 3.8) is 0 Å². The number of carbonyl (C=O) groups is 1. The van der Waals surface area contributed by atoms with Crippen LogP contribution in [0.4, 0.5) is 0 Å². The number of benzene rings is 3. The average molecular weight is 236 g/mol. The number of rotatable bonds is 2. The zero-order valence-corrected chi connectivity index (χ0v) is 10.0. The summed E-state index contributed by atoms with van der Waals surface area (Å²) in [5.41, 5.74) is 0.695. The van der Waals surface area contributed by atoms with E-state index < -0.39 is 0 Å². The second kappa shape index (κ2) is 4.15. The Morgan fingerprint density at radius 2 is 1.78 bits per heavy atom. The van der Waals surface area contributed by atoms with Gasteiger partial charge < -0.3 is 4.74 Å². The van der Waals surface area contributed by atoms with E-state index in [1.165, 1.54) is 0 Å². The number of ether oxygens (including phenoxy) is 1. The van der Waals surface area contributed by atoms with Crippen molar-refractivity contribution in [3.8, 4) is 5.75 Å². The van der Waals surface area contributed by atoms with E-state index in [9.17, 15) is 4.79 Å². The first-order chi connectivity index (χ1) is 8.85. The van der Waals surface area contributed by atoms with Crippen molar-refractivity contribution in [2.75, 3.05) is 7.11 Å². The highest BCUT2D eigenvalue weighted by Gasteiger charge is 2.10. The average Bonchev–Trinajstić information content (AvgIpc) is 2.44. The Kier molecular flexibility index (Phi) is 2.49. The Labute approximate surface area is 105 Å². The van der Waals surface area contributed by atoms with Crippen LogP contribution in [0, 0.1) is 0 Å². The van der Waals surface area contributed by atoms with Gasteiger partial charge in [-0.2, -0.15) is 0 Å². The molecule has 3 aromatic rings.